The van der Waals surface area contributed by atoms with E-state index in [0.717, 1.165) is 6.07 Å². The molecule has 0 fully saturated rings. The van der Waals surface area contributed by atoms with Crippen molar-refractivity contribution in [2.45, 2.75) is 6.92 Å². The third-order valence-corrected chi connectivity index (χ3v) is 2.60. The molecule has 1 amide bonds. The Bertz CT molecular complexity index is 479. The molecule has 1 aromatic carbocycles. The molecule has 1 rings (SSSR count). The smallest absolute Gasteiger partial charge is 0.254 e. The molecule has 5 nitrogen and oxygen atoms in total. The largest absolute Gasteiger partial charge is 0.409 e. The summed E-state index contributed by atoms with van der Waals surface area (Å²) in [6, 6.07) is 3.77. The van der Waals surface area contributed by atoms with Crippen LogP contribution in [0.5, 0.6) is 0 Å². The van der Waals surface area contributed by atoms with E-state index in [1.54, 1.807) is 6.92 Å². The molecule has 0 heterocycles. The van der Waals surface area contributed by atoms with Crippen molar-refractivity contribution in [1.29, 1.82) is 0 Å². The number of carbonyl (C=O) groups is 1. The highest BCUT2D eigenvalue weighted by Gasteiger charge is 2.14. The van der Waals surface area contributed by atoms with Gasteiger partial charge in [-0.1, -0.05) is 23.7 Å². The van der Waals surface area contributed by atoms with E-state index in [4.69, 9.17) is 22.5 Å². The van der Waals surface area contributed by atoms with Gasteiger partial charge in [0.05, 0.1) is 5.56 Å². The molecule has 7 heteroatoms. The summed E-state index contributed by atoms with van der Waals surface area (Å²) in [5.74, 6) is -1.64. The van der Waals surface area contributed by atoms with Crippen LogP contribution in [0.2, 0.25) is 5.02 Å². The van der Waals surface area contributed by atoms with Gasteiger partial charge in [0.1, 0.15) is 11.7 Å². The van der Waals surface area contributed by atoms with Gasteiger partial charge in [-0.05, 0) is 18.2 Å². The SMILES string of the molecule is CC(CNC(=O)c1ccc(Cl)cc1F)C(N)=NO. The lowest BCUT2D eigenvalue weighted by molar-refractivity contribution is 0.0947. The fraction of sp³-hybridized carbons (Fsp3) is 0.273. The third-order valence-electron chi connectivity index (χ3n) is 2.36. The van der Waals surface area contributed by atoms with Crippen LogP contribution in [0.3, 0.4) is 0 Å². The standard InChI is InChI=1S/C11H13ClFN3O2/c1-6(10(14)16-18)5-15-11(17)8-3-2-7(12)4-9(8)13/h2-4,6,18H,5H2,1H3,(H2,14,16)(H,15,17). The van der Waals surface area contributed by atoms with Crippen molar-refractivity contribution in [2.75, 3.05) is 6.54 Å². The molecule has 1 unspecified atom stereocenters. The Morgan fingerprint density at radius 1 is 1.67 bits per heavy atom. The van der Waals surface area contributed by atoms with Crippen molar-refractivity contribution in [2.24, 2.45) is 16.8 Å². The Kier molecular flexibility index (Phi) is 4.91. The Morgan fingerprint density at radius 3 is 2.89 bits per heavy atom. The van der Waals surface area contributed by atoms with Crippen molar-refractivity contribution in [3.8, 4) is 0 Å². The van der Waals surface area contributed by atoms with Crippen molar-refractivity contribution < 1.29 is 14.4 Å². The van der Waals surface area contributed by atoms with Crippen molar-refractivity contribution in [3.63, 3.8) is 0 Å². The van der Waals surface area contributed by atoms with Crippen LogP contribution in [0.15, 0.2) is 23.4 Å². The number of hydrogen-bond donors (Lipinski definition) is 3. The summed E-state index contributed by atoms with van der Waals surface area (Å²) >= 11 is 5.58. The summed E-state index contributed by atoms with van der Waals surface area (Å²) in [7, 11) is 0. The molecule has 1 atom stereocenters. The number of amides is 1. The molecule has 0 aromatic heterocycles. The number of rotatable bonds is 4. The zero-order valence-corrected chi connectivity index (χ0v) is 10.4. The molecule has 0 radical (unpaired) electrons. The molecule has 18 heavy (non-hydrogen) atoms. The van der Waals surface area contributed by atoms with Gasteiger partial charge >= 0.3 is 0 Å². The van der Waals surface area contributed by atoms with Gasteiger partial charge in [0.15, 0.2) is 0 Å². The molecule has 1 aromatic rings. The van der Waals surface area contributed by atoms with Crippen LogP contribution in [0, 0.1) is 11.7 Å². The van der Waals surface area contributed by atoms with Crippen molar-refractivity contribution in [1.82, 2.24) is 5.32 Å². The first kappa shape index (κ1) is 14.2. The normalized spacial score (nSPS) is 13.2. The third kappa shape index (κ3) is 3.59. The van der Waals surface area contributed by atoms with E-state index < -0.39 is 11.7 Å². The van der Waals surface area contributed by atoms with Crippen LogP contribution in [-0.4, -0.2) is 23.5 Å². The van der Waals surface area contributed by atoms with Crippen LogP contribution in [0.25, 0.3) is 0 Å². The predicted molar refractivity (Wildman–Crippen MR) is 66.3 cm³/mol. The van der Waals surface area contributed by atoms with Gasteiger partial charge in [-0.25, -0.2) is 4.39 Å². The zero-order valence-electron chi connectivity index (χ0n) is 9.65. The second kappa shape index (κ2) is 6.20. The Hall–Kier alpha value is -1.82. The lowest BCUT2D eigenvalue weighted by Crippen LogP contribution is -2.35. The lowest BCUT2D eigenvalue weighted by atomic mass is 10.1. The molecular formula is C11H13ClFN3O2. The molecule has 4 N–H and O–H groups in total. The van der Waals surface area contributed by atoms with Gasteiger partial charge in [-0.2, -0.15) is 0 Å². The van der Waals surface area contributed by atoms with Crippen molar-refractivity contribution >= 4 is 23.3 Å². The monoisotopic (exact) mass is 273 g/mol. The summed E-state index contributed by atoms with van der Waals surface area (Å²) in [5.41, 5.74) is 5.24. The molecule has 98 valence electrons. The molecule has 0 bridgehead atoms. The quantitative estimate of drug-likeness (QED) is 0.337. The lowest BCUT2D eigenvalue weighted by Gasteiger charge is -2.11. The number of nitrogens with two attached hydrogens (primary N) is 1. The van der Waals surface area contributed by atoms with Crippen LogP contribution in [0.1, 0.15) is 17.3 Å². The average Bonchev–Trinajstić information content (AvgIpc) is 2.34. The highest BCUT2D eigenvalue weighted by atomic mass is 35.5. The molecule has 0 aliphatic carbocycles. The van der Waals surface area contributed by atoms with E-state index in [1.807, 2.05) is 0 Å². The van der Waals surface area contributed by atoms with E-state index in [1.165, 1.54) is 12.1 Å². The highest BCUT2D eigenvalue weighted by Crippen LogP contribution is 2.14. The summed E-state index contributed by atoms with van der Waals surface area (Å²) in [4.78, 5) is 11.7. The first-order valence-electron chi connectivity index (χ1n) is 5.16. The van der Waals surface area contributed by atoms with E-state index in [-0.39, 0.29) is 28.9 Å². The van der Waals surface area contributed by atoms with Gasteiger partial charge in [0, 0.05) is 17.5 Å². The summed E-state index contributed by atoms with van der Waals surface area (Å²) in [6.45, 7) is 1.80. The molecule has 0 spiro atoms. The number of amidine groups is 1. The Balaban J connectivity index is 2.66. The minimum Gasteiger partial charge on any atom is -0.409 e. The maximum atomic E-state index is 13.4. The van der Waals surface area contributed by atoms with Gasteiger partial charge in [-0.3, -0.25) is 4.79 Å². The predicted octanol–water partition coefficient (Wildman–Crippen LogP) is 1.59. The first-order chi connectivity index (χ1) is 8.45. The fourth-order valence-electron chi connectivity index (χ4n) is 1.22. The van der Waals surface area contributed by atoms with Gasteiger partial charge in [0.2, 0.25) is 0 Å². The molecule has 0 aliphatic rings. The molecular weight excluding hydrogens is 261 g/mol. The van der Waals surface area contributed by atoms with Crippen LogP contribution in [-0.2, 0) is 0 Å². The van der Waals surface area contributed by atoms with Crippen LogP contribution in [0.4, 0.5) is 4.39 Å². The molecule has 0 saturated heterocycles. The Labute approximate surface area is 108 Å². The fourth-order valence-corrected chi connectivity index (χ4v) is 1.38. The number of nitrogens with one attached hydrogen (secondary N) is 1. The topological polar surface area (TPSA) is 87.7 Å². The van der Waals surface area contributed by atoms with Gasteiger partial charge < -0.3 is 16.3 Å². The number of oxime groups is 1. The van der Waals surface area contributed by atoms with Crippen molar-refractivity contribution in [3.05, 3.63) is 34.6 Å². The number of benzene rings is 1. The zero-order chi connectivity index (χ0) is 13.7. The molecule has 0 saturated carbocycles. The number of hydrogen-bond acceptors (Lipinski definition) is 3. The summed E-state index contributed by atoms with van der Waals surface area (Å²) < 4.78 is 13.4. The average molecular weight is 274 g/mol. The second-order valence-corrected chi connectivity index (χ2v) is 4.20. The van der Waals surface area contributed by atoms with Crippen LogP contribution >= 0.6 is 11.6 Å². The maximum Gasteiger partial charge on any atom is 0.254 e. The Morgan fingerprint density at radius 2 is 2.33 bits per heavy atom. The minimum atomic E-state index is -0.698. The first-order valence-corrected chi connectivity index (χ1v) is 5.54. The highest BCUT2D eigenvalue weighted by molar-refractivity contribution is 6.30. The van der Waals surface area contributed by atoms with E-state index in [2.05, 4.69) is 10.5 Å². The number of halogens is 2. The minimum absolute atomic E-state index is 0.00752. The second-order valence-electron chi connectivity index (χ2n) is 3.76. The van der Waals surface area contributed by atoms with Gasteiger partial charge in [0.25, 0.3) is 5.91 Å². The molecule has 0 aliphatic heterocycles. The van der Waals surface area contributed by atoms with E-state index >= 15 is 0 Å². The maximum absolute atomic E-state index is 13.4. The summed E-state index contributed by atoms with van der Waals surface area (Å²) in [6.07, 6.45) is 0. The number of carbonyl (C=O) groups excluding carboxylic acids is 1. The van der Waals surface area contributed by atoms with E-state index in [0.29, 0.717) is 0 Å². The van der Waals surface area contributed by atoms with Crippen LogP contribution < -0.4 is 11.1 Å². The van der Waals surface area contributed by atoms with Gasteiger partial charge in [-0.15, -0.1) is 0 Å². The number of nitrogens with zero attached hydrogens (tertiary/aromatic N) is 1. The summed E-state index contributed by atoms with van der Waals surface area (Å²) in [5, 5.41) is 14.0. The van der Waals surface area contributed by atoms with E-state index in [9.17, 15) is 9.18 Å².